The van der Waals surface area contributed by atoms with Gasteiger partial charge in [-0.25, -0.2) is 0 Å². The summed E-state index contributed by atoms with van der Waals surface area (Å²) in [4.78, 5) is 0. The van der Waals surface area contributed by atoms with E-state index in [0.29, 0.717) is 0 Å². The lowest BCUT2D eigenvalue weighted by atomic mass is 10.3. The van der Waals surface area contributed by atoms with Gasteiger partial charge in [-0.15, -0.1) is 0 Å². The van der Waals surface area contributed by atoms with E-state index in [-0.39, 0.29) is 0 Å². The van der Waals surface area contributed by atoms with Gasteiger partial charge in [-0.2, -0.15) is 0 Å². The second-order valence-electron chi connectivity index (χ2n) is 1.97. The molecule has 1 heterocycles. The fraction of sp³-hybridized carbons (Fsp3) is 1.00. The van der Waals surface area contributed by atoms with E-state index in [1.165, 1.54) is 0 Å². The van der Waals surface area contributed by atoms with Gasteiger partial charge in [0.15, 0.2) is 0 Å². The monoisotopic (exact) mass is 132 g/mol. The smallest absolute Gasteiger partial charge is 0.271 e. The van der Waals surface area contributed by atoms with Gasteiger partial charge in [-0.05, 0) is 12.8 Å². The predicted molar refractivity (Wildman–Crippen MR) is 31.9 cm³/mol. The van der Waals surface area contributed by atoms with Crippen LogP contribution in [0, 0.1) is 0 Å². The van der Waals surface area contributed by atoms with E-state index in [1.807, 2.05) is 0 Å². The van der Waals surface area contributed by atoms with Crippen molar-refractivity contribution in [1.82, 2.24) is 0 Å². The molecule has 0 aromatic heterocycles. The minimum absolute atomic E-state index is 0.424. The molecule has 9 heavy (non-hydrogen) atoms. The molecule has 0 radical (unpaired) electrons. The third-order valence-electron chi connectivity index (χ3n) is 1.24. The third kappa shape index (κ3) is 2.30. The molecule has 3 nitrogen and oxygen atoms in total. The Morgan fingerprint density at radius 1 is 1.22 bits per heavy atom. The van der Waals surface area contributed by atoms with Crippen LogP contribution in [0.1, 0.15) is 12.8 Å². The fourth-order valence-corrected chi connectivity index (χ4v) is 0.747. The Hall–Kier alpha value is -0.120. The zero-order chi connectivity index (χ0) is 6.53. The van der Waals surface area contributed by atoms with Crippen LogP contribution in [0.3, 0.4) is 0 Å². The second-order valence-corrected chi connectivity index (χ2v) is 1.97. The average Bonchev–Trinajstić information content (AvgIpc) is 2.13. The van der Waals surface area contributed by atoms with Gasteiger partial charge < -0.3 is 14.2 Å². The molecule has 0 unspecified atom stereocenters. The standard InChI is InChI=1S/C6H12O3/c1-7-6-8-4-2-3-5-9-6/h6H,2-5H2,1H3. The van der Waals surface area contributed by atoms with Gasteiger partial charge in [-0.1, -0.05) is 0 Å². The van der Waals surface area contributed by atoms with Crippen LogP contribution in [0.4, 0.5) is 0 Å². The Morgan fingerprint density at radius 2 is 1.78 bits per heavy atom. The summed E-state index contributed by atoms with van der Waals surface area (Å²) in [7, 11) is 1.58. The molecule has 0 aromatic rings. The summed E-state index contributed by atoms with van der Waals surface area (Å²) in [6, 6.07) is 0. The first-order valence-electron chi connectivity index (χ1n) is 3.19. The van der Waals surface area contributed by atoms with Crippen LogP contribution in [-0.4, -0.2) is 26.8 Å². The molecule has 0 spiro atoms. The molecule has 1 fully saturated rings. The average molecular weight is 132 g/mol. The van der Waals surface area contributed by atoms with E-state index in [0.717, 1.165) is 26.1 Å². The number of rotatable bonds is 1. The van der Waals surface area contributed by atoms with Crippen LogP contribution in [-0.2, 0) is 14.2 Å². The Bertz CT molecular complexity index is 66.7. The minimum atomic E-state index is -0.424. The Kier molecular flexibility index (Phi) is 2.97. The van der Waals surface area contributed by atoms with Gasteiger partial charge in [0.2, 0.25) is 0 Å². The summed E-state index contributed by atoms with van der Waals surface area (Å²) in [6.45, 7) is 1.07. The first kappa shape index (κ1) is 6.99. The Balaban J connectivity index is 2.18. The van der Waals surface area contributed by atoms with Crippen LogP contribution in [0.15, 0.2) is 0 Å². The summed E-state index contributed by atoms with van der Waals surface area (Å²) in [5.74, 6) is 0. The lowest BCUT2D eigenvalue weighted by molar-refractivity contribution is -0.267. The largest absolute Gasteiger partial charge is 0.333 e. The van der Waals surface area contributed by atoms with Crippen molar-refractivity contribution in [3.05, 3.63) is 0 Å². The molecule has 0 saturated carbocycles. The van der Waals surface area contributed by atoms with Crippen molar-refractivity contribution in [2.24, 2.45) is 0 Å². The molecular formula is C6H12O3. The van der Waals surface area contributed by atoms with Crippen LogP contribution in [0.2, 0.25) is 0 Å². The van der Waals surface area contributed by atoms with E-state index in [1.54, 1.807) is 7.11 Å². The highest BCUT2D eigenvalue weighted by molar-refractivity contribution is 4.41. The van der Waals surface area contributed by atoms with Gasteiger partial charge in [-0.3, -0.25) is 0 Å². The van der Waals surface area contributed by atoms with Crippen molar-refractivity contribution in [1.29, 1.82) is 0 Å². The van der Waals surface area contributed by atoms with Crippen LogP contribution >= 0.6 is 0 Å². The minimum Gasteiger partial charge on any atom is -0.333 e. The van der Waals surface area contributed by atoms with Crippen LogP contribution in [0.25, 0.3) is 0 Å². The second kappa shape index (κ2) is 3.82. The first-order chi connectivity index (χ1) is 4.43. The van der Waals surface area contributed by atoms with Crippen molar-refractivity contribution in [2.75, 3.05) is 20.3 Å². The summed E-state index contributed by atoms with van der Waals surface area (Å²) >= 11 is 0. The van der Waals surface area contributed by atoms with Gasteiger partial charge in [0.1, 0.15) is 0 Å². The summed E-state index contributed by atoms with van der Waals surface area (Å²) in [6.07, 6.45) is 2.14. The van der Waals surface area contributed by atoms with E-state index in [4.69, 9.17) is 14.2 Å². The van der Waals surface area contributed by atoms with Gasteiger partial charge in [0, 0.05) is 7.11 Å². The van der Waals surface area contributed by atoms with Gasteiger partial charge >= 0.3 is 0 Å². The molecule has 1 aliphatic heterocycles. The molecule has 3 heteroatoms. The highest BCUT2D eigenvalue weighted by Gasteiger charge is 2.09. The van der Waals surface area contributed by atoms with Crippen molar-refractivity contribution in [3.8, 4) is 0 Å². The third-order valence-corrected chi connectivity index (χ3v) is 1.24. The van der Waals surface area contributed by atoms with E-state index in [9.17, 15) is 0 Å². The van der Waals surface area contributed by atoms with E-state index < -0.39 is 6.48 Å². The highest BCUT2D eigenvalue weighted by atomic mass is 16.8. The maximum atomic E-state index is 5.11. The van der Waals surface area contributed by atoms with Crippen molar-refractivity contribution >= 4 is 0 Å². The topological polar surface area (TPSA) is 27.7 Å². The molecule has 1 aliphatic rings. The fourth-order valence-electron chi connectivity index (χ4n) is 0.747. The normalized spacial score (nSPS) is 23.7. The summed E-state index contributed by atoms with van der Waals surface area (Å²) < 4.78 is 15.0. The maximum absolute atomic E-state index is 5.11. The molecular weight excluding hydrogens is 120 g/mol. The first-order valence-corrected chi connectivity index (χ1v) is 3.19. The SMILES string of the molecule is COC1OCCCCO1. The highest BCUT2D eigenvalue weighted by Crippen LogP contribution is 2.04. The summed E-state index contributed by atoms with van der Waals surface area (Å²) in [5.41, 5.74) is 0. The zero-order valence-corrected chi connectivity index (χ0v) is 5.63. The van der Waals surface area contributed by atoms with Gasteiger partial charge in [0.25, 0.3) is 6.48 Å². The quantitative estimate of drug-likeness (QED) is 0.526. The van der Waals surface area contributed by atoms with Gasteiger partial charge in [0.05, 0.1) is 13.2 Å². The number of hydrogen-bond acceptors (Lipinski definition) is 3. The maximum Gasteiger partial charge on any atom is 0.271 e. The summed E-state index contributed by atoms with van der Waals surface area (Å²) in [5, 5.41) is 0. The van der Waals surface area contributed by atoms with E-state index in [2.05, 4.69) is 0 Å². The lowest BCUT2D eigenvalue weighted by Crippen LogP contribution is -2.17. The molecule has 0 aliphatic carbocycles. The van der Waals surface area contributed by atoms with Crippen molar-refractivity contribution < 1.29 is 14.2 Å². The molecule has 0 atom stereocenters. The molecule has 0 N–H and O–H groups in total. The Labute approximate surface area is 54.9 Å². The molecule has 0 bridgehead atoms. The molecule has 0 aromatic carbocycles. The van der Waals surface area contributed by atoms with Crippen molar-refractivity contribution in [3.63, 3.8) is 0 Å². The van der Waals surface area contributed by atoms with E-state index >= 15 is 0 Å². The molecule has 0 amide bonds. The zero-order valence-electron chi connectivity index (χ0n) is 5.63. The predicted octanol–water partition coefficient (Wildman–Crippen LogP) is 0.743. The number of methoxy groups -OCH3 is 1. The van der Waals surface area contributed by atoms with Crippen molar-refractivity contribution in [2.45, 2.75) is 19.3 Å². The van der Waals surface area contributed by atoms with Crippen LogP contribution in [0.5, 0.6) is 0 Å². The lowest BCUT2D eigenvalue weighted by Gasteiger charge is -2.11. The molecule has 1 saturated heterocycles. The Morgan fingerprint density at radius 3 is 2.22 bits per heavy atom. The molecule has 54 valence electrons. The number of ether oxygens (including phenoxy) is 3. The number of hydrogen-bond donors (Lipinski definition) is 0. The molecule has 1 rings (SSSR count). The van der Waals surface area contributed by atoms with Crippen LogP contribution < -0.4 is 0 Å².